The number of aromatic nitrogens is 1. The van der Waals surface area contributed by atoms with Crippen LogP contribution in [0.4, 0.5) is 0 Å². The second-order valence-corrected chi connectivity index (χ2v) is 4.02. The van der Waals surface area contributed by atoms with Gasteiger partial charge in [0, 0.05) is 13.2 Å². The van der Waals surface area contributed by atoms with Crippen molar-refractivity contribution in [2.45, 2.75) is 39.5 Å². The van der Waals surface area contributed by atoms with E-state index in [-0.39, 0.29) is 5.97 Å². The van der Waals surface area contributed by atoms with E-state index in [4.69, 9.17) is 4.74 Å². The average Bonchev–Trinajstić information content (AvgIpc) is 2.61. The second-order valence-electron chi connectivity index (χ2n) is 4.02. The van der Waals surface area contributed by atoms with E-state index in [9.17, 15) is 4.79 Å². The summed E-state index contributed by atoms with van der Waals surface area (Å²) < 4.78 is 6.83. The van der Waals surface area contributed by atoms with Crippen LogP contribution in [0.25, 0.3) is 0 Å². The van der Waals surface area contributed by atoms with E-state index >= 15 is 0 Å². The summed E-state index contributed by atoms with van der Waals surface area (Å²) in [5.74, 6) is -0.230. The standard InChI is InChI=1S/C13H21NO2/c1-4-6-7-8-11-9-12(14(3)10-11)13(15)16-5-2/h9-10H,4-8H2,1-3H3. The molecule has 0 saturated heterocycles. The molecule has 0 bridgehead atoms. The molecular formula is C13H21NO2. The van der Waals surface area contributed by atoms with Gasteiger partial charge in [-0.1, -0.05) is 19.8 Å². The van der Waals surface area contributed by atoms with Crippen molar-refractivity contribution in [2.24, 2.45) is 7.05 Å². The lowest BCUT2D eigenvalue weighted by molar-refractivity contribution is 0.0515. The first-order chi connectivity index (χ1) is 7.69. The van der Waals surface area contributed by atoms with Gasteiger partial charge in [0.25, 0.3) is 0 Å². The second kappa shape index (κ2) is 6.36. The highest BCUT2D eigenvalue weighted by Gasteiger charge is 2.12. The van der Waals surface area contributed by atoms with Crippen molar-refractivity contribution in [3.8, 4) is 0 Å². The maximum absolute atomic E-state index is 11.6. The number of unbranched alkanes of at least 4 members (excludes halogenated alkanes) is 2. The Hall–Kier alpha value is -1.25. The van der Waals surface area contributed by atoms with E-state index in [1.54, 1.807) is 0 Å². The summed E-state index contributed by atoms with van der Waals surface area (Å²) in [5.41, 5.74) is 1.87. The van der Waals surface area contributed by atoms with Crippen LogP contribution in [0, 0.1) is 0 Å². The molecule has 0 unspecified atom stereocenters. The van der Waals surface area contributed by atoms with Gasteiger partial charge in [-0.3, -0.25) is 0 Å². The maximum atomic E-state index is 11.6. The van der Waals surface area contributed by atoms with Gasteiger partial charge in [0.1, 0.15) is 5.69 Å². The highest BCUT2D eigenvalue weighted by molar-refractivity contribution is 5.88. The molecule has 0 radical (unpaired) electrons. The van der Waals surface area contributed by atoms with Gasteiger partial charge in [-0.2, -0.15) is 0 Å². The van der Waals surface area contributed by atoms with Gasteiger partial charge in [0.05, 0.1) is 6.61 Å². The van der Waals surface area contributed by atoms with Gasteiger partial charge in [-0.15, -0.1) is 0 Å². The smallest absolute Gasteiger partial charge is 0.354 e. The van der Waals surface area contributed by atoms with Crippen molar-refractivity contribution in [1.29, 1.82) is 0 Å². The molecule has 3 nitrogen and oxygen atoms in total. The number of esters is 1. The van der Waals surface area contributed by atoms with E-state index < -0.39 is 0 Å². The van der Waals surface area contributed by atoms with Gasteiger partial charge in [0.2, 0.25) is 0 Å². The largest absolute Gasteiger partial charge is 0.461 e. The summed E-state index contributed by atoms with van der Waals surface area (Å²) in [6.07, 6.45) is 6.70. The van der Waals surface area contributed by atoms with Crippen molar-refractivity contribution in [3.63, 3.8) is 0 Å². The quantitative estimate of drug-likeness (QED) is 0.548. The van der Waals surface area contributed by atoms with E-state index in [2.05, 4.69) is 6.92 Å². The van der Waals surface area contributed by atoms with Crippen LogP contribution in [-0.2, 0) is 18.2 Å². The molecule has 0 fully saturated rings. The van der Waals surface area contributed by atoms with Crippen LogP contribution in [0.1, 0.15) is 49.2 Å². The Kier molecular flexibility index (Phi) is 5.09. The lowest BCUT2D eigenvalue weighted by Crippen LogP contribution is -2.08. The van der Waals surface area contributed by atoms with Crippen LogP contribution in [0.5, 0.6) is 0 Å². The predicted molar refractivity (Wildman–Crippen MR) is 64.6 cm³/mol. The first kappa shape index (κ1) is 12.8. The van der Waals surface area contributed by atoms with Crippen molar-refractivity contribution in [1.82, 2.24) is 4.57 Å². The summed E-state index contributed by atoms with van der Waals surface area (Å²) in [7, 11) is 1.88. The van der Waals surface area contributed by atoms with E-state index in [0.29, 0.717) is 12.3 Å². The highest BCUT2D eigenvalue weighted by Crippen LogP contribution is 2.12. The molecule has 1 heterocycles. The molecule has 90 valence electrons. The molecule has 0 aromatic carbocycles. The Balaban J connectivity index is 2.62. The summed E-state index contributed by atoms with van der Waals surface area (Å²) >= 11 is 0. The first-order valence-electron chi connectivity index (χ1n) is 6.01. The molecule has 3 heteroatoms. The molecule has 1 rings (SSSR count). The summed E-state index contributed by atoms with van der Waals surface area (Å²) in [4.78, 5) is 11.6. The summed E-state index contributed by atoms with van der Waals surface area (Å²) in [6.45, 7) is 4.44. The molecule has 0 saturated carbocycles. The van der Waals surface area contributed by atoms with Gasteiger partial charge in [0.15, 0.2) is 0 Å². The molecule has 0 spiro atoms. The van der Waals surface area contributed by atoms with Crippen LogP contribution >= 0.6 is 0 Å². The molecule has 0 aliphatic heterocycles. The zero-order chi connectivity index (χ0) is 12.0. The fraction of sp³-hybridized carbons (Fsp3) is 0.615. The molecule has 0 atom stereocenters. The van der Waals surface area contributed by atoms with Gasteiger partial charge in [-0.05, 0) is 31.4 Å². The minimum atomic E-state index is -0.230. The normalized spacial score (nSPS) is 10.4. The lowest BCUT2D eigenvalue weighted by atomic mass is 10.1. The Morgan fingerprint density at radius 1 is 1.38 bits per heavy atom. The van der Waals surface area contributed by atoms with Crippen LogP contribution in [0.3, 0.4) is 0 Å². The first-order valence-corrected chi connectivity index (χ1v) is 6.01. The Morgan fingerprint density at radius 3 is 2.75 bits per heavy atom. The molecule has 16 heavy (non-hydrogen) atoms. The van der Waals surface area contributed by atoms with E-state index in [0.717, 1.165) is 6.42 Å². The third-order valence-electron chi connectivity index (χ3n) is 2.62. The fourth-order valence-electron chi connectivity index (χ4n) is 1.76. The molecule has 0 aliphatic rings. The molecule has 1 aromatic rings. The number of hydrogen-bond acceptors (Lipinski definition) is 2. The topological polar surface area (TPSA) is 31.2 Å². The molecule has 0 N–H and O–H groups in total. The van der Waals surface area contributed by atoms with Crippen molar-refractivity contribution < 1.29 is 9.53 Å². The SMILES string of the molecule is CCCCCc1cc(C(=O)OCC)n(C)c1. The predicted octanol–water partition coefficient (Wildman–Crippen LogP) is 2.93. The maximum Gasteiger partial charge on any atom is 0.354 e. The number of rotatable bonds is 6. The number of carbonyl (C=O) groups excluding carboxylic acids is 1. The van der Waals surface area contributed by atoms with Crippen LogP contribution in [-0.4, -0.2) is 17.1 Å². The van der Waals surface area contributed by atoms with Crippen LogP contribution in [0.2, 0.25) is 0 Å². The number of hydrogen-bond donors (Lipinski definition) is 0. The number of carbonyl (C=O) groups is 1. The van der Waals surface area contributed by atoms with Gasteiger partial charge in [-0.25, -0.2) is 4.79 Å². The third kappa shape index (κ3) is 3.40. The minimum absolute atomic E-state index is 0.230. The van der Waals surface area contributed by atoms with E-state index in [1.807, 2.05) is 30.8 Å². The lowest BCUT2D eigenvalue weighted by Gasteiger charge is -2.01. The van der Waals surface area contributed by atoms with Crippen LogP contribution in [0.15, 0.2) is 12.3 Å². The van der Waals surface area contributed by atoms with Crippen molar-refractivity contribution >= 4 is 5.97 Å². The number of nitrogens with zero attached hydrogens (tertiary/aromatic N) is 1. The minimum Gasteiger partial charge on any atom is -0.461 e. The van der Waals surface area contributed by atoms with Crippen molar-refractivity contribution in [3.05, 3.63) is 23.5 Å². The Morgan fingerprint density at radius 2 is 2.12 bits per heavy atom. The molecule has 0 aliphatic carbocycles. The molecular weight excluding hydrogens is 202 g/mol. The fourth-order valence-corrected chi connectivity index (χ4v) is 1.76. The summed E-state index contributed by atoms with van der Waals surface area (Å²) in [6, 6.07) is 1.94. The van der Waals surface area contributed by atoms with Gasteiger partial charge >= 0.3 is 5.97 Å². The third-order valence-corrected chi connectivity index (χ3v) is 2.62. The Labute approximate surface area is 97.4 Å². The van der Waals surface area contributed by atoms with Gasteiger partial charge < -0.3 is 9.30 Å². The Bertz CT molecular complexity index is 342. The summed E-state index contributed by atoms with van der Waals surface area (Å²) in [5, 5.41) is 0. The number of aryl methyl sites for hydroxylation is 2. The number of ether oxygens (including phenoxy) is 1. The zero-order valence-corrected chi connectivity index (χ0v) is 10.5. The average molecular weight is 223 g/mol. The highest BCUT2D eigenvalue weighted by atomic mass is 16.5. The van der Waals surface area contributed by atoms with Crippen LogP contribution < -0.4 is 0 Å². The van der Waals surface area contributed by atoms with Crippen molar-refractivity contribution in [2.75, 3.05) is 6.61 Å². The molecule has 0 amide bonds. The monoisotopic (exact) mass is 223 g/mol. The molecule has 1 aromatic heterocycles. The zero-order valence-electron chi connectivity index (χ0n) is 10.5. The van der Waals surface area contributed by atoms with E-state index in [1.165, 1.54) is 24.8 Å².